The van der Waals surface area contributed by atoms with Crippen LogP contribution < -0.4 is 25.0 Å². The number of aryl methyl sites for hydroxylation is 1. The molecule has 0 radical (unpaired) electrons. The van der Waals surface area contributed by atoms with Crippen molar-refractivity contribution in [3.63, 3.8) is 0 Å². The minimum Gasteiger partial charge on any atom is -0.496 e. The number of amides is 1. The number of carbonyl (C=O) groups excluding carboxylic acids is 2. The van der Waals surface area contributed by atoms with Crippen LogP contribution in [0.4, 0.5) is 21.5 Å². The summed E-state index contributed by atoms with van der Waals surface area (Å²) in [6.45, 7) is 5.90. The van der Waals surface area contributed by atoms with Gasteiger partial charge in [-0.05, 0) is 73.7 Å². The molecule has 4 aromatic rings. The van der Waals surface area contributed by atoms with Crippen LogP contribution in [0.2, 0.25) is 0 Å². The number of carbonyl (C=O) groups is 2. The Morgan fingerprint density at radius 3 is 2.60 bits per heavy atom. The van der Waals surface area contributed by atoms with Crippen molar-refractivity contribution in [3.05, 3.63) is 87.9 Å². The monoisotopic (exact) mass is 559 g/mol. The van der Waals surface area contributed by atoms with Gasteiger partial charge in [0.15, 0.2) is 0 Å². The number of benzene rings is 3. The van der Waals surface area contributed by atoms with E-state index >= 15 is 0 Å². The fourth-order valence-electron chi connectivity index (χ4n) is 4.93. The zero-order valence-electron chi connectivity index (χ0n) is 22.9. The highest BCUT2D eigenvalue weighted by atomic mass is 32.1. The van der Waals surface area contributed by atoms with E-state index in [2.05, 4.69) is 10.6 Å². The van der Waals surface area contributed by atoms with Crippen LogP contribution in [0, 0.1) is 12.7 Å². The van der Waals surface area contributed by atoms with Gasteiger partial charge in [-0.15, -0.1) is 0 Å². The molecule has 0 unspecified atom stereocenters. The van der Waals surface area contributed by atoms with Gasteiger partial charge in [-0.1, -0.05) is 12.1 Å². The van der Waals surface area contributed by atoms with E-state index in [4.69, 9.17) is 9.47 Å². The van der Waals surface area contributed by atoms with E-state index in [9.17, 15) is 14.0 Å². The standard InChI is InChI=1S/C31H30FN3O4S/c1-18-6-7-20(32)14-26(18)33-16-24-22(10-11-25-28(24)35(4)30(37)31(2,3)34-25)23-9-8-21(15-27(23)38-5)39-29(36)19-12-13-40-17-19/h6-15,17,33-34H,16H2,1-5H3. The van der Waals surface area contributed by atoms with Crippen LogP contribution in [-0.2, 0) is 11.3 Å². The number of anilines is 3. The molecule has 0 fully saturated rings. The lowest BCUT2D eigenvalue weighted by Crippen LogP contribution is -2.52. The number of hydrogen-bond acceptors (Lipinski definition) is 7. The first-order chi connectivity index (χ1) is 19.1. The highest BCUT2D eigenvalue weighted by Gasteiger charge is 2.38. The minimum atomic E-state index is -0.779. The van der Waals surface area contributed by atoms with E-state index in [0.29, 0.717) is 29.3 Å². The van der Waals surface area contributed by atoms with Crippen molar-refractivity contribution in [2.75, 3.05) is 29.7 Å². The van der Waals surface area contributed by atoms with Gasteiger partial charge in [-0.2, -0.15) is 11.3 Å². The van der Waals surface area contributed by atoms with Gasteiger partial charge in [0, 0.05) is 41.9 Å². The second kappa shape index (κ2) is 10.7. The number of ether oxygens (including phenoxy) is 2. The Bertz CT molecular complexity index is 1600. The molecular formula is C31H30FN3O4S. The van der Waals surface area contributed by atoms with Gasteiger partial charge in [0.1, 0.15) is 22.9 Å². The molecule has 40 heavy (non-hydrogen) atoms. The minimum absolute atomic E-state index is 0.0806. The van der Waals surface area contributed by atoms with Gasteiger partial charge in [0.2, 0.25) is 0 Å². The molecule has 1 aromatic heterocycles. The first-order valence-corrected chi connectivity index (χ1v) is 13.7. The third kappa shape index (κ3) is 5.12. The molecule has 3 aromatic carbocycles. The largest absolute Gasteiger partial charge is 0.496 e. The van der Waals surface area contributed by atoms with Crippen LogP contribution in [0.25, 0.3) is 11.1 Å². The SMILES string of the molecule is COc1cc(OC(=O)c2ccsc2)ccc1-c1ccc2c(c1CNc1cc(F)ccc1C)N(C)C(=O)C(C)(C)N2. The van der Waals surface area contributed by atoms with Gasteiger partial charge in [-0.3, -0.25) is 4.79 Å². The Kier molecular flexibility index (Phi) is 7.25. The molecule has 1 aliphatic rings. The van der Waals surface area contributed by atoms with Crippen molar-refractivity contribution < 1.29 is 23.5 Å². The molecule has 0 aliphatic carbocycles. The molecule has 2 N–H and O–H groups in total. The number of likely N-dealkylation sites (N-methyl/N-ethyl adjacent to an activating group) is 1. The average Bonchev–Trinajstić information content (AvgIpc) is 3.47. The summed E-state index contributed by atoms with van der Waals surface area (Å²) >= 11 is 1.42. The molecular weight excluding hydrogens is 529 g/mol. The predicted molar refractivity (Wildman–Crippen MR) is 157 cm³/mol. The molecule has 5 rings (SSSR count). The summed E-state index contributed by atoms with van der Waals surface area (Å²) in [6.07, 6.45) is 0. The van der Waals surface area contributed by atoms with Gasteiger partial charge >= 0.3 is 5.97 Å². The van der Waals surface area contributed by atoms with Gasteiger partial charge in [0.25, 0.3) is 5.91 Å². The smallest absolute Gasteiger partial charge is 0.344 e. The van der Waals surface area contributed by atoms with Crippen LogP contribution in [0.1, 0.15) is 35.3 Å². The number of rotatable bonds is 7. The number of methoxy groups -OCH3 is 1. The summed E-state index contributed by atoms with van der Waals surface area (Å²) in [7, 11) is 3.31. The summed E-state index contributed by atoms with van der Waals surface area (Å²) in [5, 5.41) is 10.3. The number of halogens is 1. The maximum absolute atomic E-state index is 14.1. The number of hydrogen-bond donors (Lipinski definition) is 2. The number of esters is 1. The lowest BCUT2D eigenvalue weighted by atomic mass is 9.91. The summed E-state index contributed by atoms with van der Waals surface area (Å²) < 4.78 is 25.4. The van der Waals surface area contributed by atoms with Gasteiger partial charge in [-0.25, -0.2) is 9.18 Å². The zero-order chi connectivity index (χ0) is 28.6. The van der Waals surface area contributed by atoms with Crippen LogP contribution in [-0.4, -0.2) is 31.6 Å². The maximum atomic E-state index is 14.1. The lowest BCUT2D eigenvalue weighted by Gasteiger charge is -2.40. The molecule has 0 saturated heterocycles. The van der Waals surface area contributed by atoms with Crippen LogP contribution in [0.15, 0.2) is 65.4 Å². The molecule has 0 spiro atoms. The quantitative estimate of drug-likeness (QED) is 0.190. The Labute approximate surface area is 236 Å². The Balaban J connectivity index is 1.59. The molecule has 0 saturated carbocycles. The average molecular weight is 560 g/mol. The van der Waals surface area contributed by atoms with E-state index in [1.165, 1.54) is 23.5 Å². The van der Waals surface area contributed by atoms with Crippen LogP contribution in [0.5, 0.6) is 11.5 Å². The molecule has 1 amide bonds. The Hall–Kier alpha value is -4.37. The number of thiophene rings is 1. The van der Waals surface area contributed by atoms with Gasteiger partial charge in [0.05, 0.1) is 24.0 Å². The number of fused-ring (bicyclic) bond motifs is 1. The van der Waals surface area contributed by atoms with E-state index < -0.39 is 11.5 Å². The van der Waals surface area contributed by atoms with E-state index in [1.807, 2.05) is 44.4 Å². The second-order valence-corrected chi connectivity index (χ2v) is 11.0. The second-order valence-electron chi connectivity index (χ2n) is 10.2. The van der Waals surface area contributed by atoms with Crippen LogP contribution in [0.3, 0.4) is 0 Å². The van der Waals surface area contributed by atoms with Crippen molar-refractivity contribution in [3.8, 4) is 22.6 Å². The van der Waals surface area contributed by atoms with Crippen molar-refractivity contribution in [1.82, 2.24) is 0 Å². The molecule has 9 heteroatoms. The van der Waals surface area contributed by atoms with Crippen molar-refractivity contribution >= 4 is 40.3 Å². The first-order valence-electron chi connectivity index (χ1n) is 12.7. The number of nitrogens with one attached hydrogen (secondary N) is 2. The topological polar surface area (TPSA) is 79.9 Å². The molecule has 2 heterocycles. The molecule has 0 atom stereocenters. The zero-order valence-corrected chi connectivity index (χ0v) is 23.7. The van der Waals surface area contributed by atoms with Crippen LogP contribution >= 0.6 is 11.3 Å². The summed E-state index contributed by atoms with van der Waals surface area (Å²) in [6, 6.07) is 15.4. The lowest BCUT2D eigenvalue weighted by molar-refractivity contribution is -0.121. The van der Waals surface area contributed by atoms with Crippen molar-refractivity contribution in [2.45, 2.75) is 32.9 Å². The highest BCUT2D eigenvalue weighted by molar-refractivity contribution is 7.08. The Morgan fingerprint density at radius 2 is 1.88 bits per heavy atom. The van der Waals surface area contributed by atoms with Crippen molar-refractivity contribution in [1.29, 1.82) is 0 Å². The predicted octanol–water partition coefficient (Wildman–Crippen LogP) is 6.87. The summed E-state index contributed by atoms with van der Waals surface area (Å²) in [5.41, 5.74) is 5.16. The molecule has 206 valence electrons. The Morgan fingerprint density at radius 1 is 1.10 bits per heavy atom. The summed E-state index contributed by atoms with van der Waals surface area (Å²) in [4.78, 5) is 27.4. The first kappa shape index (κ1) is 27.2. The fourth-order valence-corrected chi connectivity index (χ4v) is 5.56. The highest BCUT2D eigenvalue weighted by Crippen LogP contribution is 2.45. The third-order valence-electron chi connectivity index (χ3n) is 6.99. The normalized spacial score (nSPS) is 13.8. The molecule has 1 aliphatic heterocycles. The van der Waals surface area contributed by atoms with E-state index in [1.54, 1.807) is 48.7 Å². The fraction of sp³-hybridized carbons (Fsp3) is 0.226. The summed E-state index contributed by atoms with van der Waals surface area (Å²) in [5.74, 6) is -0.0252. The van der Waals surface area contributed by atoms with Crippen molar-refractivity contribution in [2.24, 2.45) is 0 Å². The maximum Gasteiger partial charge on any atom is 0.344 e. The third-order valence-corrected chi connectivity index (χ3v) is 7.67. The van der Waals surface area contributed by atoms with Gasteiger partial charge < -0.3 is 25.0 Å². The van der Waals surface area contributed by atoms with E-state index in [0.717, 1.165) is 33.6 Å². The number of nitrogens with zero attached hydrogens (tertiary/aromatic N) is 1. The molecule has 7 nitrogen and oxygen atoms in total. The van der Waals surface area contributed by atoms with E-state index in [-0.39, 0.29) is 11.7 Å². The molecule has 0 bridgehead atoms.